The highest BCUT2D eigenvalue weighted by atomic mass is 35.5. The van der Waals surface area contributed by atoms with Crippen molar-refractivity contribution in [3.05, 3.63) is 52.0 Å². The smallest absolute Gasteiger partial charge is 0.238 e. The van der Waals surface area contributed by atoms with Crippen LogP contribution in [0, 0.1) is 17.2 Å². The Hall–Kier alpha value is -2.79. The summed E-state index contributed by atoms with van der Waals surface area (Å²) < 4.78 is 0. The lowest BCUT2D eigenvalue weighted by Gasteiger charge is -2.30. The number of hydrogen-bond acceptors (Lipinski definition) is 5. The molecular weight excluding hydrogens is 427 g/mol. The maximum Gasteiger partial charge on any atom is 0.238 e. The van der Waals surface area contributed by atoms with Crippen LogP contribution in [0.3, 0.4) is 0 Å². The van der Waals surface area contributed by atoms with Gasteiger partial charge in [0.05, 0.1) is 23.5 Å². The molecule has 0 unspecified atom stereocenters. The molecule has 2 aromatic carbocycles. The molecule has 0 aromatic heterocycles. The zero-order valence-corrected chi connectivity index (χ0v) is 17.5. The number of aromatic hydroxyl groups is 1. The third kappa shape index (κ3) is 5.63. The summed E-state index contributed by atoms with van der Waals surface area (Å²) in [5, 5.41) is 25.3. The Bertz CT molecular complexity index is 998. The molecule has 0 aliphatic carbocycles. The fraction of sp³-hybridized carbons (Fsp3) is 0.286. The van der Waals surface area contributed by atoms with Crippen LogP contribution in [0.25, 0.3) is 0 Å². The van der Waals surface area contributed by atoms with E-state index in [1.165, 1.54) is 12.1 Å². The van der Waals surface area contributed by atoms with Gasteiger partial charge < -0.3 is 15.7 Å². The number of rotatable bonds is 5. The van der Waals surface area contributed by atoms with E-state index in [1.54, 1.807) is 24.3 Å². The summed E-state index contributed by atoms with van der Waals surface area (Å²) in [4.78, 5) is 26.8. The van der Waals surface area contributed by atoms with E-state index in [-0.39, 0.29) is 35.7 Å². The van der Waals surface area contributed by atoms with E-state index in [0.29, 0.717) is 47.2 Å². The molecule has 1 saturated heterocycles. The standard InChI is InChI=1S/C21H20Cl2N4O3/c22-15-2-1-14(11-24)17(9-15)25-20(29)12-27-7-5-13(6-8-27)21(30)26-18-10-16(23)3-4-19(18)28/h1-4,9-10,13,28H,5-8,12H2,(H,25,29)(H,26,30). The molecule has 1 aliphatic rings. The fourth-order valence-corrected chi connectivity index (χ4v) is 3.65. The van der Waals surface area contributed by atoms with Crippen molar-refractivity contribution in [1.29, 1.82) is 5.26 Å². The van der Waals surface area contributed by atoms with E-state index >= 15 is 0 Å². The number of phenolic OH excluding ortho intramolecular Hbond substituents is 1. The van der Waals surface area contributed by atoms with E-state index in [4.69, 9.17) is 28.5 Å². The third-order valence-electron chi connectivity index (χ3n) is 4.92. The van der Waals surface area contributed by atoms with Crippen molar-refractivity contribution >= 4 is 46.4 Å². The van der Waals surface area contributed by atoms with Crippen molar-refractivity contribution < 1.29 is 14.7 Å². The number of phenols is 1. The second-order valence-electron chi connectivity index (χ2n) is 7.05. The summed E-state index contributed by atoms with van der Waals surface area (Å²) in [5.74, 6) is -0.699. The predicted molar refractivity (Wildman–Crippen MR) is 116 cm³/mol. The van der Waals surface area contributed by atoms with E-state index in [2.05, 4.69) is 10.6 Å². The Balaban J connectivity index is 1.50. The van der Waals surface area contributed by atoms with Gasteiger partial charge >= 0.3 is 0 Å². The second kappa shape index (κ2) is 9.81. The molecule has 0 radical (unpaired) electrons. The average molecular weight is 447 g/mol. The van der Waals surface area contributed by atoms with Gasteiger partial charge in [-0.2, -0.15) is 5.26 Å². The number of benzene rings is 2. The first-order valence-electron chi connectivity index (χ1n) is 9.37. The summed E-state index contributed by atoms with van der Waals surface area (Å²) in [5.41, 5.74) is 1.00. The maximum absolute atomic E-state index is 12.5. The van der Waals surface area contributed by atoms with Crippen molar-refractivity contribution in [2.24, 2.45) is 5.92 Å². The number of piperidine rings is 1. The molecule has 30 heavy (non-hydrogen) atoms. The van der Waals surface area contributed by atoms with E-state index in [9.17, 15) is 14.7 Å². The van der Waals surface area contributed by atoms with Gasteiger partial charge in [0.1, 0.15) is 11.8 Å². The lowest BCUT2D eigenvalue weighted by atomic mass is 9.95. The topological polar surface area (TPSA) is 105 Å². The molecule has 7 nitrogen and oxygen atoms in total. The normalized spacial score (nSPS) is 14.7. The summed E-state index contributed by atoms with van der Waals surface area (Å²) in [6.45, 7) is 1.31. The van der Waals surface area contributed by atoms with Gasteiger partial charge in [0, 0.05) is 16.0 Å². The lowest BCUT2D eigenvalue weighted by Crippen LogP contribution is -2.41. The van der Waals surface area contributed by atoms with Crippen molar-refractivity contribution in [3.63, 3.8) is 0 Å². The highest BCUT2D eigenvalue weighted by Gasteiger charge is 2.26. The largest absolute Gasteiger partial charge is 0.506 e. The van der Waals surface area contributed by atoms with E-state index in [1.807, 2.05) is 11.0 Å². The molecule has 156 valence electrons. The van der Waals surface area contributed by atoms with Gasteiger partial charge in [-0.25, -0.2) is 0 Å². The van der Waals surface area contributed by atoms with Gasteiger partial charge in [-0.05, 0) is 62.3 Å². The molecule has 9 heteroatoms. The van der Waals surface area contributed by atoms with Gasteiger partial charge in [0.15, 0.2) is 0 Å². The molecule has 1 heterocycles. The highest BCUT2D eigenvalue weighted by Crippen LogP contribution is 2.28. The van der Waals surface area contributed by atoms with Crippen LogP contribution < -0.4 is 10.6 Å². The zero-order chi connectivity index (χ0) is 21.7. The Morgan fingerprint density at radius 1 is 1.07 bits per heavy atom. The van der Waals surface area contributed by atoms with Crippen LogP contribution in [-0.2, 0) is 9.59 Å². The Morgan fingerprint density at radius 2 is 1.70 bits per heavy atom. The number of hydrogen-bond donors (Lipinski definition) is 3. The molecule has 2 aromatic rings. The SMILES string of the molecule is N#Cc1ccc(Cl)cc1NC(=O)CN1CCC(C(=O)Nc2cc(Cl)ccc2O)CC1. The van der Waals surface area contributed by atoms with Crippen molar-refractivity contribution in [3.8, 4) is 11.8 Å². The summed E-state index contributed by atoms with van der Waals surface area (Å²) in [6.07, 6.45) is 1.17. The minimum absolute atomic E-state index is 0.0420. The monoisotopic (exact) mass is 446 g/mol. The Kier molecular flexibility index (Phi) is 7.16. The van der Waals surface area contributed by atoms with Crippen molar-refractivity contribution in [2.75, 3.05) is 30.3 Å². The highest BCUT2D eigenvalue weighted by molar-refractivity contribution is 6.31. The van der Waals surface area contributed by atoms with Crippen LogP contribution in [0.2, 0.25) is 10.0 Å². The first kappa shape index (κ1) is 21.9. The molecule has 0 bridgehead atoms. The summed E-state index contributed by atoms with van der Waals surface area (Å²) in [7, 11) is 0. The average Bonchev–Trinajstić information content (AvgIpc) is 2.71. The van der Waals surface area contributed by atoms with Crippen LogP contribution in [0.15, 0.2) is 36.4 Å². The number of likely N-dealkylation sites (tertiary alicyclic amines) is 1. The quantitative estimate of drug-likeness (QED) is 0.604. The number of halogens is 2. The second-order valence-corrected chi connectivity index (χ2v) is 7.92. The summed E-state index contributed by atoms with van der Waals surface area (Å²) in [6, 6.07) is 11.2. The van der Waals surface area contributed by atoms with Crippen LogP contribution in [-0.4, -0.2) is 41.5 Å². The van der Waals surface area contributed by atoms with E-state index in [0.717, 1.165) is 0 Å². The Morgan fingerprint density at radius 3 is 2.37 bits per heavy atom. The fourth-order valence-electron chi connectivity index (χ4n) is 3.31. The third-order valence-corrected chi connectivity index (χ3v) is 5.39. The molecule has 0 saturated carbocycles. The van der Waals surface area contributed by atoms with E-state index < -0.39 is 0 Å². The number of carbonyl (C=O) groups is 2. The van der Waals surface area contributed by atoms with Gasteiger partial charge in [-0.1, -0.05) is 23.2 Å². The summed E-state index contributed by atoms with van der Waals surface area (Å²) >= 11 is 11.8. The number of amides is 2. The van der Waals surface area contributed by atoms with Gasteiger partial charge in [-0.15, -0.1) is 0 Å². The number of anilines is 2. The number of carbonyl (C=O) groups excluding carboxylic acids is 2. The number of nitriles is 1. The van der Waals surface area contributed by atoms with Crippen LogP contribution >= 0.6 is 23.2 Å². The lowest BCUT2D eigenvalue weighted by molar-refractivity contribution is -0.121. The van der Waals surface area contributed by atoms with Gasteiger partial charge in [-0.3, -0.25) is 14.5 Å². The number of nitrogens with one attached hydrogen (secondary N) is 2. The van der Waals surface area contributed by atoms with Crippen LogP contribution in [0.1, 0.15) is 18.4 Å². The van der Waals surface area contributed by atoms with Gasteiger partial charge in [0.2, 0.25) is 11.8 Å². The predicted octanol–water partition coefficient (Wildman–Crippen LogP) is 3.86. The molecule has 3 rings (SSSR count). The van der Waals surface area contributed by atoms with Crippen molar-refractivity contribution in [1.82, 2.24) is 4.90 Å². The minimum atomic E-state index is -0.250. The molecule has 2 amide bonds. The maximum atomic E-state index is 12.5. The molecule has 1 aliphatic heterocycles. The molecule has 3 N–H and O–H groups in total. The molecular formula is C21H20Cl2N4O3. The van der Waals surface area contributed by atoms with Crippen LogP contribution in [0.5, 0.6) is 5.75 Å². The number of nitrogens with zero attached hydrogens (tertiary/aromatic N) is 2. The van der Waals surface area contributed by atoms with Crippen molar-refractivity contribution in [2.45, 2.75) is 12.8 Å². The molecule has 0 atom stereocenters. The molecule has 0 spiro atoms. The van der Waals surface area contributed by atoms with Crippen LogP contribution in [0.4, 0.5) is 11.4 Å². The Labute approximate surface area is 184 Å². The first-order valence-corrected chi connectivity index (χ1v) is 10.1. The zero-order valence-electron chi connectivity index (χ0n) is 16.0. The van der Waals surface area contributed by atoms with Gasteiger partial charge in [0.25, 0.3) is 0 Å². The first-order chi connectivity index (χ1) is 14.4. The minimum Gasteiger partial charge on any atom is -0.506 e. The molecule has 1 fully saturated rings.